The molecule has 0 aliphatic heterocycles. The highest BCUT2D eigenvalue weighted by molar-refractivity contribution is 5.87. The fourth-order valence-electron chi connectivity index (χ4n) is 1.76. The molecule has 3 atom stereocenters. The molecule has 1 saturated carbocycles. The maximum atomic E-state index is 11.5. The van der Waals surface area contributed by atoms with Crippen LogP contribution in [-0.4, -0.2) is 46.6 Å². The number of hydrogen-bond donors (Lipinski definition) is 4. The van der Waals surface area contributed by atoms with Gasteiger partial charge in [0, 0.05) is 18.9 Å². The van der Waals surface area contributed by atoms with E-state index in [1.807, 2.05) is 6.92 Å². The second kappa shape index (κ2) is 6.88. The van der Waals surface area contributed by atoms with Crippen molar-refractivity contribution in [2.45, 2.75) is 32.2 Å². The molecule has 0 aromatic rings. The molecule has 0 aromatic carbocycles. The van der Waals surface area contributed by atoms with Crippen molar-refractivity contribution in [1.29, 1.82) is 0 Å². The number of carboxylic acid groups (broad SMARTS) is 2. The molecule has 20 heavy (non-hydrogen) atoms. The van der Waals surface area contributed by atoms with Gasteiger partial charge in [-0.3, -0.25) is 14.4 Å². The van der Waals surface area contributed by atoms with E-state index >= 15 is 0 Å². The Morgan fingerprint density at radius 2 is 1.85 bits per heavy atom. The maximum Gasteiger partial charge on any atom is 0.326 e. The SMILES string of the molecule is CC1CC1C(=O)NCCC(=O)N[C@H](CC(=O)O)C(=O)O. The first kappa shape index (κ1) is 15.9. The molecule has 2 amide bonds. The summed E-state index contributed by atoms with van der Waals surface area (Å²) in [4.78, 5) is 44.1. The van der Waals surface area contributed by atoms with E-state index in [4.69, 9.17) is 10.2 Å². The van der Waals surface area contributed by atoms with Gasteiger partial charge in [0.25, 0.3) is 0 Å². The van der Waals surface area contributed by atoms with Crippen molar-refractivity contribution >= 4 is 23.8 Å². The number of carbonyl (C=O) groups is 4. The summed E-state index contributed by atoms with van der Waals surface area (Å²) in [6.45, 7) is 2.06. The van der Waals surface area contributed by atoms with Crippen molar-refractivity contribution in [3.05, 3.63) is 0 Å². The first-order valence-electron chi connectivity index (χ1n) is 6.33. The minimum atomic E-state index is -1.46. The molecule has 1 fully saturated rings. The van der Waals surface area contributed by atoms with Crippen LogP contribution in [0.1, 0.15) is 26.2 Å². The van der Waals surface area contributed by atoms with Gasteiger partial charge >= 0.3 is 11.9 Å². The molecule has 112 valence electrons. The van der Waals surface area contributed by atoms with Crippen LogP contribution in [0, 0.1) is 11.8 Å². The third-order valence-corrected chi connectivity index (χ3v) is 3.11. The molecule has 0 bridgehead atoms. The molecule has 0 saturated heterocycles. The molecular formula is C12H18N2O6. The van der Waals surface area contributed by atoms with Crippen molar-refractivity contribution < 1.29 is 29.4 Å². The van der Waals surface area contributed by atoms with E-state index in [0.29, 0.717) is 5.92 Å². The Bertz CT molecular complexity index is 422. The Labute approximate surface area is 115 Å². The minimum absolute atomic E-state index is 0.0110. The smallest absolute Gasteiger partial charge is 0.326 e. The van der Waals surface area contributed by atoms with E-state index in [0.717, 1.165) is 6.42 Å². The van der Waals surface area contributed by atoms with Gasteiger partial charge in [-0.2, -0.15) is 0 Å². The average molecular weight is 286 g/mol. The van der Waals surface area contributed by atoms with Crippen molar-refractivity contribution in [2.24, 2.45) is 11.8 Å². The highest BCUT2D eigenvalue weighted by Gasteiger charge is 2.38. The Hall–Kier alpha value is -2.12. The summed E-state index contributed by atoms with van der Waals surface area (Å²) in [5, 5.41) is 22.0. The summed E-state index contributed by atoms with van der Waals surface area (Å²) in [6.07, 6.45) is 0.0704. The first-order valence-corrected chi connectivity index (χ1v) is 6.33. The Morgan fingerprint density at radius 3 is 2.30 bits per heavy atom. The van der Waals surface area contributed by atoms with Gasteiger partial charge < -0.3 is 20.8 Å². The van der Waals surface area contributed by atoms with Gasteiger partial charge in [0.05, 0.1) is 6.42 Å². The molecule has 0 radical (unpaired) electrons. The molecule has 8 nitrogen and oxygen atoms in total. The van der Waals surface area contributed by atoms with Crippen molar-refractivity contribution in [3.8, 4) is 0 Å². The zero-order chi connectivity index (χ0) is 15.3. The lowest BCUT2D eigenvalue weighted by molar-refractivity contribution is -0.147. The van der Waals surface area contributed by atoms with Crippen molar-refractivity contribution in [1.82, 2.24) is 10.6 Å². The van der Waals surface area contributed by atoms with E-state index in [1.165, 1.54) is 0 Å². The molecule has 4 N–H and O–H groups in total. The summed E-state index contributed by atoms with van der Waals surface area (Å²) < 4.78 is 0. The third-order valence-electron chi connectivity index (χ3n) is 3.11. The summed E-state index contributed by atoms with van der Waals surface area (Å²) in [5.41, 5.74) is 0. The summed E-state index contributed by atoms with van der Waals surface area (Å²) in [5.74, 6) is -3.05. The number of nitrogens with one attached hydrogen (secondary N) is 2. The van der Waals surface area contributed by atoms with Crippen LogP contribution in [0.4, 0.5) is 0 Å². The predicted octanol–water partition coefficient (Wildman–Crippen LogP) is -0.807. The van der Waals surface area contributed by atoms with E-state index in [1.54, 1.807) is 0 Å². The summed E-state index contributed by atoms with van der Waals surface area (Å²) >= 11 is 0. The van der Waals surface area contributed by atoms with Gasteiger partial charge in [0.15, 0.2) is 0 Å². The summed E-state index contributed by atoms with van der Waals surface area (Å²) in [7, 11) is 0. The highest BCUT2D eigenvalue weighted by Crippen LogP contribution is 2.37. The van der Waals surface area contributed by atoms with Gasteiger partial charge in [0.1, 0.15) is 6.04 Å². The van der Waals surface area contributed by atoms with Crippen LogP contribution < -0.4 is 10.6 Å². The number of carbonyl (C=O) groups excluding carboxylic acids is 2. The van der Waals surface area contributed by atoms with Gasteiger partial charge in [-0.15, -0.1) is 0 Å². The standard InChI is InChI=1S/C12H18N2O6/c1-6-4-7(6)11(18)13-3-2-9(15)14-8(12(19)20)5-10(16)17/h6-8H,2-5H2,1H3,(H,13,18)(H,14,15)(H,16,17)(H,19,20)/t6?,7?,8-/m1/s1. The first-order chi connectivity index (χ1) is 9.31. The molecule has 0 spiro atoms. The lowest BCUT2D eigenvalue weighted by atomic mass is 10.2. The fraction of sp³-hybridized carbons (Fsp3) is 0.667. The van der Waals surface area contributed by atoms with Crippen LogP contribution in [0.25, 0.3) is 0 Å². The van der Waals surface area contributed by atoms with Crippen molar-refractivity contribution in [2.75, 3.05) is 6.54 Å². The minimum Gasteiger partial charge on any atom is -0.481 e. The quantitative estimate of drug-likeness (QED) is 0.461. The van der Waals surface area contributed by atoms with Crippen LogP contribution in [0.5, 0.6) is 0 Å². The number of carboxylic acids is 2. The lowest BCUT2D eigenvalue weighted by Crippen LogP contribution is -2.43. The Kier molecular flexibility index (Phi) is 5.48. The van der Waals surface area contributed by atoms with E-state index in [9.17, 15) is 19.2 Å². The lowest BCUT2D eigenvalue weighted by Gasteiger charge is -2.12. The van der Waals surface area contributed by atoms with Crippen LogP contribution in [0.15, 0.2) is 0 Å². The van der Waals surface area contributed by atoms with Gasteiger partial charge in [-0.25, -0.2) is 4.79 Å². The number of amides is 2. The molecule has 2 unspecified atom stereocenters. The van der Waals surface area contributed by atoms with Gasteiger partial charge in [-0.05, 0) is 12.3 Å². The van der Waals surface area contributed by atoms with Gasteiger partial charge in [-0.1, -0.05) is 6.92 Å². The number of rotatable bonds is 8. The summed E-state index contributed by atoms with van der Waals surface area (Å²) in [6, 6.07) is -1.46. The number of hydrogen-bond acceptors (Lipinski definition) is 4. The van der Waals surface area contributed by atoms with Crippen LogP contribution in [0.2, 0.25) is 0 Å². The number of aliphatic carboxylic acids is 2. The molecule has 1 rings (SSSR count). The van der Waals surface area contributed by atoms with E-state index in [2.05, 4.69) is 10.6 Å². The predicted molar refractivity (Wildman–Crippen MR) is 66.7 cm³/mol. The molecule has 1 aliphatic carbocycles. The van der Waals surface area contributed by atoms with Gasteiger partial charge in [0.2, 0.25) is 11.8 Å². The largest absolute Gasteiger partial charge is 0.481 e. The fourth-order valence-corrected chi connectivity index (χ4v) is 1.76. The molecule has 1 aliphatic rings. The van der Waals surface area contributed by atoms with Crippen LogP contribution in [-0.2, 0) is 19.2 Å². The third kappa shape index (κ3) is 5.25. The van der Waals surface area contributed by atoms with Crippen LogP contribution in [0.3, 0.4) is 0 Å². The second-order valence-electron chi connectivity index (χ2n) is 4.92. The average Bonchev–Trinajstić information content (AvgIpc) is 3.04. The van der Waals surface area contributed by atoms with E-state index < -0.39 is 30.3 Å². The monoisotopic (exact) mass is 286 g/mol. The molecule has 0 aromatic heterocycles. The zero-order valence-electron chi connectivity index (χ0n) is 11.1. The molecule has 0 heterocycles. The van der Waals surface area contributed by atoms with E-state index in [-0.39, 0.29) is 24.8 Å². The van der Waals surface area contributed by atoms with Crippen LogP contribution >= 0.6 is 0 Å². The molecule has 8 heteroatoms. The highest BCUT2D eigenvalue weighted by atomic mass is 16.4. The Morgan fingerprint density at radius 1 is 1.25 bits per heavy atom. The maximum absolute atomic E-state index is 11.5. The second-order valence-corrected chi connectivity index (χ2v) is 4.92. The topological polar surface area (TPSA) is 133 Å². The van der Waals surface area contributed by atoms with Crippen molar-refractivity contribution in [3.63, 3.8) is 0 Å². The molecular weight excluding hydrogens is 268 g/mol. The normalized spacial score (nSPS) is 21.6. The Balaban J connectivity index is 2.25. The zero-order valence-corrected chi connectivity index (χ0v) is 11.1.